The van der Waals surface area contributed by atoms with E-state index < -0.39 is 0 Å². The van der Waals surface area contributed by atoms with Gasteiger partial charge in [0.15, 0.2) is 0 Å². The van der Waals surface area contributed by atoms with E-state index in [2.05, 4.69) is 16.8 Å². The molecule has 9 heteroatoms. The van der Waals surface area contributed by atoms with Crippen molar-refractivity contribution in [1.29, 1.82) is 0 Å². The van der Waals surface area contributed by atoms with Crippen molar-refractivity contribution in [2.75, 3.05) is 61.5 Å². The minimum absolute atomic E-state index is 0.0150. The molecule has 0 atom stereocenters. The standard InChI is InChI=1S/C25H32N4O4S/c1-26(2)14-19-20(32-5)11-16(12-21(19)33-6)18-15-28(4)24(30)17-13-22(34-23(17)18)25(31)29-9-7-27(3)8-10-29/h11-13,15H,7-10,14H2,1-6H3. The van der Waals surface area contributed by atoms with Crippen LogP contribution in [0.25, 0.3) is 21.2 Å². The minimum Gasteiger partial charge on any atom is -0.496 e. The maximum absolute atomic E-state index is 13.2. The molecular weight excluding hydrogens is 452 g/mol. The molecule has 0 N–H and O–H groups in total. The molecule has 4 rings (SSSR count). The Morgan fingerprint density at radius 2 is 1.65 bits per heavy atom. The molecule has 1 aliphatic heterocycles. The lowest BCUT2D eigenvalue weighted by Crippen LogP contribution is -2.46. The fraction of sp³-hybridized carbons (Fsp3) is 0.440. The fourth-order valence-electron chi connectivity index (χ4n) is 4.34. The summed E-state index contributed by atoms with van der Waals surface area (Å²) in [5.74, 6) is 1.42. The van der Waals surface area contributed by atoms with Gasteiger partial charge in [0.25, 0.3) is 11.5 Å². The Hall–Kier alpha value is -2.88. The number of hydrogen-bond acceptors (Lipinski definition) is 7. The van der Waals surface area contributed by atoms with Gasteiger partial charge in [0, 0.05) is 56.2 Å². The number of aromatic nitrogens is 1. The number of thiophene rings is 1. The van der Waals surface area contributed by atoms with Gasteiger partial charge >= 0.3 is 0 Å². The molecule has 1 saturated heterocycles. The summed E-state index contributed by atoms with van der Waals surface area (Å²) in [6, 6.07) is 5.70. The number of ether oxygens (including phenoxy) is 2. The summed E-state index contributed by atoms with van der Waals surface area (Å²) in [5.41, 5.74) is 2.58. The second-order valence-corrected chi connectivity index (χ2v) is 10.1. The largest absolute Gasteiger partial charge is 0.496 e. The maximum atomic E-state index is 13.2. The van der Waals surface area contributed by atoms with Crippen LogP contribution in [0, 0.1) is 0 Å². The van der Waals surface area contributed by atoms with Crippen LogP contribution in [-0.2, 0) is 13.6 Å². The van der Waals surface area contributed by atoms with Crippen LogP contribution in [0.2, 0.25) is 0 Å². The highest BCUT2D eigenvalue weighted by Gasteiger charge is 2.24. The normalized spacial score (nSPS) is 14.7. The number of methoxy groups -OCH3 is 2. The SMILES string of the molecule is COc1cc(-c2cn(C)c(=O)c3cc(C(=O)N4CCN(C)CC4)sc23)cc(OC)c1CN(C)C. The molecule has 3 aromatic rings. The van der Waals surface area contributed by atoms with Gasteiger partial charge in [0.1, 0.15) is 11.5 Å². The zero-order chi connectivity index (χ0) is 24.6. The highest BCUT2D eigenvalue weighted by atomic mass is 32.1. The number of likely N-dealkylation sites (N-methyl/N-ethyl adjacent to an activating group) is 1. The van der Waals surface area contributed by atoms with E-state index in [0.29, 0.717) is 29.9 Å². The summed E-state index contributed by atoms with van der Waals surface area (Å²) in [6.45, 7) is 3.75. The van der Waals surface area contributed by atoms with Crippen LogP contribution in [0.3, 0.4) is 0 Å². The molecule has 182 valence electrons. The van der Waals surface area contributed by atoms with Gasteiger partial charge in [-0.2, -0.15) is 0 Å². The molecule has 0 radical (unpaired) electrons. The van der Waals surface area contributed by atoms with Gasteiger partial charge in [-0.3, -0.25) is 9.59 Å². The first-order valence-corrected chi connectivity index (χ1v) is 12.1. The van der Waals surface area contributed by atoms with Crippen LogP contribution < -0.4 is 15.0 Å². The summed E-state index contributed by atoms with van der Waals surface area (Å²) in [6.07, 6.45) is 1.82. The summed E-state index contributed by atoms with van der Waals surface area (Å²) in [4.78, 5) is 32.9. The molecule has 0 saturated carbocycles. The van der Waals surface area contributed by atoms with E-state index in [4.69, 9.17) is 9.47 Å². The Labute approximate surface area is 203 Å². The number of fused-ring (bicyclic) bond motifs is 1. The number of hydrogen-bond donors (Lipinski definition) is 0. The van der Waals surface area contributed by atoms with Crippen LogP contribution in [0.1, 0.15) is 15.2 Å². The molecule has 34 heavy (non-hydrogen) atoms. The fourth-order valence-corrected chi connectivity index (χ4v) is 5.49. The average molecular weight is 485 g/mol. The van der Waals surface area contributed by atoms with Gasteiger partial charge in [-0.25, -0.2) is 0 Å². The Balaban J connectivity index is 1.84. The molecule has 1 aliphatic rings. The van der Waals surface area contributed by atoms with E-state index in [1.807, 2.05) is 37.3 Å². The van der Waals surface area contributed by atoms with Crippen LogP contribution in [0.15, 0.2) is 29.2 Å². The van der Waals surface area contributed by atoms with Crippen molar-refractivity contribution in [3.63, 3.8) is 0 Å². The number of carbonyl (C=O) groups excluding carboxylic acids is 1. The maximum Gasteiger partial charge on any atom is 0.264 e. The molecule has 8 nitrogen and oxygen atoms in total. The number of carbonyl (C=O) groups is 1. The number of amides is 1. The van der Waals surface area contributed by atoms with E-state index in [0.717, 1.165) is 46.0 Å². The van der Waals surface area contributed by atoms with Crippen molar-refractivity contribution < 1.29 is 14.3 Å². The van der Waals surface area contributed by atoms with E-state index in [1.54, 1.807) is 31.9 Å². The lowest BCUT2D eigenvalue weighted by molar-refractivity contribution is 0.0669. The van der Waals surface area contributed by atoms with Crippen molar-refractivity contribution in [3.05, 3.63) is 45.2 Å². The quantitative estimate of drug-likeness (QED) is 0.536. The monoisotopic (exact) mass is 484 g/mol. The van der Waals surface area contributed by atoms with E-state index >= 15 is 0 Å². The van der Waals surface area contributed by atoms with E-state index in [9.17, 15) is 9.59 Å². The first-order valence-electron chi connectivity index (χ1n) is 11.2. The van der Waals surface area contributed by atoms with Crippen molar-refractivity contribution in [2.45, 2.75) is 6.54 Å². The predicted molar refractivity (Wildman–Crippen MR) is 136 cm³/mol. The molecule has 0 bridgehead atoms. The number of nitrogens with zero attached hydrogens (tertiary/aromatic N) is 4. The lowest BCUT2D eigenvalue weighted by atomic mass is 10.0. The zero-order valence-corrected chi connectivity index (χ0v) is 21.5. The van der Waals surface area contributed by atoms with Gasteiger partial charge < -0.3 is 28.7 Å². The molecule has 0 spiro atoms. The number of benzene rings is 1. The molecule has 0 aliphatic carbocycles. The third-order valence-electron chi connectivity index (χ3n) is 6.24. The Bertz CT molecular complexity index is 1250. The summed E-state index contributed by atoms with van der Waals surface area (Å²) >= 11 is 1.38. The van der Waals surface area contributed by atoms with Gasteiger partial charge in [-0.1, -0.05) is 0 Å². The number of rotatable bonds is 6. The Morgan fingerprint density at radius 3 is 2.21 bits per heavy atom. The highest BCUT2D eigenvalue weighted by Crippen LogP contribution is 2.39. The molecule has 1 fully saturated rings. The van der Waals surface area contributed by atoms with Crippen molar-refractivity contribution in [1.82, 2.24) is 19.3 Å². The van der Waals surface area contributed by atoms with Crippen molar-refractivity contribution in [3.8, 4) is 22.6 Å². The van der Waals surface area contributed by atoms with Crippen molar-refractivity contribution in [2.24, 2.45) is 7.05 Å². The van der Waals surface area contributed by atoms with Gasteiger partial charge in [0.05, 0.1) is 30.0 Å². The zero-order valence-electron chi connectivity index (χ0n) is 20.7. The van der Waals surface area contributed by atoms with Gasteiger partial charge in [-0.15, -0.1) is 11.3 Å². The Kier molecular flexibility index (Phi) is 6.97. The molecule has 2 aromatic heterocycles. The molecule has 1 aromatic carbocycles. The predicted octanol–water partition coefficient (Wildman–Crippen LogP) is 2.73. The second-order valence-electron chi connectivity index (χ2n) is 9.00. The van der Waals surface area contributed by atoms with Crippen LogP contribution in [-0.4, -0.2) is 86.7 Å². The van der Waals surface area contributed by atoms with Crippen LogP contribution in [0.5, 0.6) is 11.5 Å². The minimum atomic E-state index is -0.115. The van der Waals surface area contributed by atoms with Crippen molar-refractivity contribution >= 4 is 27.3 Å². The van der Waals surface area contributed by atoms with Gasteiger partial charge in [0.2, 0.25) is 0 Å². The number of pyridine rings is 1. The summed E-state index contributed by atoms with van der Waals surface area (Å²) < 4.78 is 13.8. The van der Waals surface area contributed by atoms with E-state index in [1.165, 1.54) is 11.3 Å². The lowest BCUT2D eigenvalue weighted by Gasteiger charge is -2.32. The van der Waals surface area contributed by atoms with Crippen LogP contribution >= 0.6 is 11.3 Å². The third-order valence-corrected chi connectivity index (χ3v) is 7.40. The average Bonchev–Trinajstić information content (AvgIpc) is 3.27. The number of aryl methyl sites for hydroxylation is 1. The molecule has 0 unspecified atom stereocenters. The molecule has 3 heterocycles. The van der Waals surface area contributed by atoms with Gasteiger partial charge in [-0.05, 0) is 44.9 Å². The topological polar surface area (TPSA) is 67.2 Å². The summed E-state index contributed by atoms with van der Waals surface area (Å²) in [5, 5.41) is 0.553. The molecule has 1 amide bonds. The molecular formula is C25H32N4O4S. The first kappa shape index (κ1) is 24.3. The third kappa shape index (κ3) is 4.55. The van der Waals surface area contributed by atoms with E-state index in [-0.39, 0.29) is 11.5 Å². The highest BCUT2D eigenvalue weighted by molar-refractivity contribution is 7.21. The first-order chi connectivity index (χ1) is 16.2. The summed E-state index contributed by atoms with van der Waals surface area (Å²) in [7, 11) is 11.1. The number of piperazine rings is 1. The second kappa shape index (κ2) is 9.77. The van der Waals surface area contributed by atoms with Crippen LogP contribution in [0.4, 0.5) is 0 Å². The Morgan fingerprint density at radius 1 is 1.03 bits per heavy atom. The smallest absolute Gasteiger partial charge is 0.264 e.